The quantitative estimate of drug-likeness (QED) is 0.882. The minimum Gasteiger partial charge on any atom is -0.316 e. The Hall–Kier alpha value is -1.10. The van der Waals surface area contributed by atoms with E-state index in [1.54, 1.807) is 0 Å². The van der Waals surface area contributed by atoms with Crippen LogP contribution in [0.15, 0.2) is 18.3 Å². The van der Waals surface area contributed by atoms with Crippen molar-refractivity contribution in [2.75, 3.05) is 7.05 Å². The van der Waals surface area contributed by atoms with Crippen molar-refractivity contribution in [1.82, 2.24) is 10.3 Å². The molecule has 0 saturated carbocycles. The normalized spacial score (nSPS) is 15.6. The van der Waals surface area contributed by atoms with Crippen LogP contribution in [-0.4, -0.2) is 18.1 Å². The molecule has 2 nitrogen and oxygen atoms in total. The van der Waals surface area contributed by atoms with Crippen molar-refractivity contribution in [3.8, 4) is 0 Å². The number of pyridine rings is 1. The van der Waals surface area contributed by atoms with Crippen molar-refractivity contribution in [2.24, 2.45) is 0 Å². The van der Waals surface area contributed by atoms with Gasteiger partial charge in [0.25, 0.3) is 0 Å². The molecule has 17 heavy (non-hydrogen) atoms. The summed E-state index contributed by atoms with van der Waals surface area (Å²) in [6, 6.07) is 2.76. The molecular weight excluding hydrogens is 229 g/mol. The monoisotopic (exact) mass is 246 g/mol. The van der Waals surface area contributed by atoms with Gasteiger partial charge in [0.2, 0.25) is 0 Å². The van der Waals surface area contributed by atoms with Gasteiger partial charge in [0.1, 0.15) is 0 Å². The number of hydrogen-bond acceptors (Lipinski definition) is 2. The van der Waals surface area contributed by atoms with E-state index in [0.717, 1.165) is 18.7 Å². The largest absolute Gasteiger partial charge is 0.417 e. The molecule has 2 atom stereocenters. The molecule has 0 aliphatic heterocycles. The molecule has 1 aromatic rings. The summed E-state index contributed by atoms with van der Waals surface area (Å²) in [5.74, 6) is 0.0901. The fourth-order valence-electron chi connectivity index (χ4n) is 1.86. The molecule has 2 unspecified atom stereocenters. The molecule has 0 bridgehead atoms. The van der Waals surface area contributed by atoms with Crippen LogP contribution in [0.5, 0.6) is 0 Å². The lowest BCUT2D eigenvalue weighted by atomic mass is 9.95. The van der Waals surface area contributed by atoms with Crippen LogP contribution in [0.25, 0.3) is 0 Å². The van der Waals surface area contributed by atoms with Crippen LogP contribution in [0.3, 0.4) is 0 Å². The molecule has 0 saturated heterocycles. The fraction of sp³-hybridized carbons (Fsp3) is 0.583. The first-order chi connectivity index (χ1) is 7.90. The molecule has 0 fully saturated rings. The Balaban J connectivity index is 2.87. The Bertz CT molecular complexity index is 342. The third-order valence-corrected chi connectivity index (χ3v) is 2.99. The zero-order chi connectivity index (χ0) is 13.1. The van der Waals surface area contributed by atoms with Gasteiger partial charge in [-0.1, -0.05) is 13.8 Å². The van der Waals surface area contributed by atoms with Gasteiger partial charge in [-0.25, -0.2) is 0 Å². The highest BCUT2D eigenvalue weighted by Gasteiger charge is 2.31. The number of likely N-dealkylation sites (N-methyl/N-ethyl adjacent to an activating group) is 1. The van der Waals surface area contributed by atoms with Crippen molar-refractivity contribution < 1.29 is 13.2 Å². The average molecular weight is 246 g/mol. The van der Waals surface area contributed by atoms with Gasteiger partial charge in [-0.2, -0.15) is 13.2 Å². The first-order valence-corrected chi connectivity index (χ1v) is 5.60. The maximum absolute atomic E-state index is 12.4. The molecule has 1 rings (SSSR count). The van der Waals surface area contributed by atoms with Crippen LogP contribution in [-0.2, 0) is 6.18 Å². The summed E-state index contributed by atoms with van der Waals surface area (Å²) in [6.07, 6.45) is -2.52. The molecule has 0 amide bonds. The number of aromatic nitrogens is 1. The first kappa shape index (κ1) is 14.0. The number of halogens is 3. The topological polar surface area (TPSA) is 24.9 Å². The predicted octanol–water partition coefficient (Wildman–Crippen LogP) is 3.20. The van der Waals surface area contributed by atoms with E-state index in [4.69, 9.17) is 0 Å². The predicted molar refractivity (Wildman–Crippen MR) is 60.8 cm³/mol. The minimum absolute atomic E-state index is 0.0901. The Morgan fingerprint density at radius 1 is 1.35 bits per heavy atom. The van der Waals surface area contributed by atoms with Gasteiger partial charge in [-0.15, -0.1) is 0 Å². The second kappa shape index (κ2) is 5.49. The Morgan fingerprint density at radius 2 is 2.00 bits per heavy atom. The summed E-state index contributed by atoms with van der Waals surface area (Å²) in [5.41, 5.74) is -0.0230. The molecule has 5 heteroatoms. The lowest BCUT2D eigenvalue weighted by Gasteiger charge is -2.21. The van der Waals surface area contributed by atoms with Crippen LogP contribution in [0, 0.1) is 0 Å². The third-order valence-electron chi connectivity index (χ3n) is 2.99. The molecule has 0 aliphatic carbocycles. The van der Waals surface area contributed by atoms with E-state index in [2.05, 4.69) is 10.3 Å². The molecule has 1 aromatic heterocycles. The molecule has 0 radical (unpaired) electrons. The van der Waals surface area contributed by atoms with Crippen LogP contribution < -0.4 is 5.32 Å². The van der Waals surface area contributed by atoms with E-state index in [0.29, 0.717) is 5.69 Å². The van der Waals surface area contributed by atoms with Gasteiger partial charge in [0, 0.05) is 23.9 Å². The Labute approximate surface area is 99.3 Å². The van der Waals surface area contributed by atoms with E-state index in [9.17, 15) is 13.2 Å². The Morgan fingerprint density at radius 3 is 2.35 bits per heavy atom. The van der Waals surface area contributed by atoms with Crippen LogP contribution in [0.4, 0.5) is 13.2 Å². The second-order valence-electron chi connectivity index (χ2n) is 4.06. The van der Waals surface area contributed by atoms with Crippen molar-refractivity contribution in [2.45, 2.75) is 38.4 Å². The molecule has 0 aromatic carbocycles. The summed E-state index contributed by atoms with van der Waals surface area (Å²) < 4.78 is 37.1. The average Bonchev–Trinajstić information content (AvgIpc) is 2.29. The molecule has 1 N–H and O–H groups in total. The van der Waals surface area contributed by atoms with Crippen molar-refractivity contribution in [1.29, 1.82) is 0 Å². The van der Waals surface area contributed by atoms with E-state index in [1.807, 2.05) is 20.9 Å². The van der Waals surface area contributed by atoms with Crippen LogP contribution in [0.2, 0.25) is 0 Å². The molecule has 1 heterocycles. The highest BCUT2D eigenvalue weighted by atomic mass is 19.4. The van der Waals surface area contributed by atoms with E-state index in [-0.39, 0.29) is 12.0 Å². The second-order valence-corrected chi connectivity index (χ2v) is 4.06. The molecular formula is C12H17F3N2. The lowest BCUT2D eigenvalue weighted by Crippen LogP contribution is -2.30. The molecule has 0 aliphatic rings. The highest BCUT2D eigenvalue weighted by Crippen LogP contribution is 2.29. The highest BCUT2D eigenvalue weighted by molar-refractivity contribution is 5.19. The number of nitrogens with one attached hydrogen (secondary N) is 1. The number of nitrogens with zero attached hydrogens (tertiary/aromatic N) is 1. The van der Waals surface area contributed by atoms with E-state index >= 15 is 0 Å². The van der Waals surface area contributed by atoms with Crippen molar-refractivity contribution in [3.05, 3.63) is 29.6 Å². The van der Waals surface area contributed by atoms with Gasteiger partial charge in [-0.3, -0.25) is 4.98 Å². The van der Waals surface area contributed by atoms with Crippen molar-refractivity contribution in [3.63, 3.8) is 0 Å². The van der Waals surface area contributed by atoms with Gasteiger partial charge < -0.3 is 5.32 Å². The molecule has 0 spiro atoms. The molecule has 96 valence electrons. The fourth-order valence-corrected chi connectivity index (χ4v) is 1.86. The maximum atomic E-state index is 12.4. The SMILES string of the molecule is CCC(NC)C(C)c1ccc(C(F)(F)F)cn1. The standard InChI is InChI=1S/C12H17F3N2/c1-4-10(16-3)8(2)11-6-5-9(7-17-11)12(13,14)15/h5-8,10,16H,4H2,1-3H3. The summed E-state index contributed by atoms with van der Waals surface area (Å²) in [5, 5.41) is 3.13. The zero-order valence-electron chi connectivity index (χ0n) is 10.2. The smallest absolute Gasteiger partial charge is 0.316 e. The first-order valence-electron chi connectivity index (χ1n) is 5.60. The van der Waals surface area contributed by atoms with Gasteiger partial charge in [-0.05, 0) is 25.6 Å². The van der Waals surface area contributed by atoms with E-state index < -0.39 is 11.7 Å². The van der Waals surface area contributed by atoms with Crippen LogP contribution in [0.1, 0.15) is 37.4 Å². The van der Waals surface area contributed by atoms with Crippen molar-refractivity contribution >= 4 is 0 Å². The van der Waals surface area contributed by atoms with Crippen LogP contribution >= 0.6 is 0 Å². The third kappa shape index (κ3) is 3.43. The number of hydrogen-bond donors (Lipinski definition) is 1. The number of alkyl halides is 3. The zero-order valence-corrected chi connectivity index (χ0v) is 10.2. The summed E-state index contributed by atoms with van der Waals surface area (Å²) >= 11 is 0. The minimum atomic E-state index is -4.32. The van der Waals surface area contributed by atoms with Gasteiger partial charge in [0.15, 0.2) is 0 Å². The Kier molecular flexibility index (Phi) is 4.51. The number of rotatable bonds is 4. The van der Waals surface area contributed by atoms with Gasteiger partial charge in [0.05, 0.1) is 5.56 Å². The maximum Gasteiger partial charge on any atom is 0.417 e. The van der Waals surface area contributed by atoms with Gasteiger partial charge >= 0.3 is 6.18 Å². The van der Waals surface area contributed by atoms with E-state index in [1.165, 1.54) is 6.07 Å². The lowest BCUT2D eigenvalue weighted by molar-refractivity contribution is -0.137. The summed E-state index contributed by atoms with van der Waals surface area (Å²) in [4.78, 5) is 3.90. The summed E-state index contributed by atoms with van der Waals surface area (Å²) in [6.45, 7) is 3.99. The summed E-state index contributed by atoms with van der Waals surface area (Å²) in [7, 11) is 1.84.